The minimum absolute atomic E-state index is 0.106. The first-order valence-corrected chi connectivity index (χ1v) is 5.88. The van der Waals surface area contributed by atoms with Crippen LogP contribution in [0.3, 0.4) is 0 Å². The SMILES string of the molecule is CC1(O)C2CCC(C2)C1(C)CCC(N)=O. The lowest BCUT2D eigenvalue weighted by molar-refractivity contribution is -0.124. The average Bonchev–Trinajstić information content (AvgIpc) is 2.67. The third kappa shape index (κ3) is 1.40. The highest BCUT2D eigenvalue weighted by atomic mass is 16.3. The lowest BCUT2D eigenvalue weighted by atomic mass is 9.63. The standard InChI is InChI=1S/C12H21NO2/c1-11(6-5-10(13)14)8-3-4-9(7-8)12(11,2)15/h8-9,15H,3-7H2,1-2H3,(H2,13,14). The summed E-state index contributed by atoms with van der Waals surface area (Å²) in [5, 5.41) is 10.6. The quantitative estimate of drug-likeness (QED) is 0.742. The number of carbonyl (C=O) groups is 1. The van der Waals surface area contributed by atoms with Crippen molar-refractivity contribution >= 4 is 5.91 Å². The van der Waals surface area contributed by atoms with Crippen molar-refractivity contribution in [1.82, 2.24) is 0 Å². The molecule has 3 nitrogen and oxygen atoms in total. The zero-order valence-corrected chi connectivity index (χ0v) is 9.62. The van der Waals surface area contributed by atoms with Crippen molar-refractivity contribution in [3.63, 3.8) is 0 Å². The minimum atomic E-state index is -0.606. The van der Waals surface area contributed by atoms with Crippen molar-refractivity contribution in [2.75, 3.05) is 0 Å². The smallest absolute Gasteiger partial charge is 0.217 e. The maximum Gasteiger partial charge on any atom is 0.217 e. The number of hydrogen-bond donors (Lipinski definition) is 2. The molecule has 2 aliphatic rings. The van der Waals surface area contributed by atoms with Crippen molar-refractivity contribution < 1.29 is 9.90 Å². The Morgan fingerprint density at radius 1 is 1.40 bits per heavy atom. The van der Waals surface area contributed by atoms with Crippen LogP contribution in [0.2, 0.25) is 0 Å². The molecular formula is C12H21NO2. The largest absolute Gasteiger partial charge is 0.389 e. The van der Waals surface area contributed by atoms with Crippen LogP contribution in [0.1, 0.15) is 46.0 Å². The van der Waals surface area contributed by atoms with Gasteiger partial charge in [0.2, 0.25) is 5.91 Å². The Hall–Kier alpha value is -0.570. The lowest BCUT2D eigenvalue weighted by Gasteiger charge is -2.46. The number of fused-ring (bicyclic) bond motifs is 2. The van der Waals surface area contributed by atoms with E-state index in [-0.39, 0.29) is 11.3 Å². The van der Waals surface area contributed by atoms with Gasteiger partial charge in [-0.1, -0.05) is 6.92 Å². The van der Waals surface area contributed by atoms with Crippen molar-refractivity contribution in [1.29, 1.82) is 0 Å². The molecule has 1 amide bonds. The molecule has 3 N–H and O–H groups in total. The maximum absolute atomic E-state index is 10.9. The molecule has 2 bridgehead atoms. The summed E-state index contributed by atoms with van der Waals surface area (Å²) in [6.45, 7) is 4.07. The highest BCUT2D eigenvalue weighted by Crippen LogP contribution is 2.63. The van der Waals surface area contributed by atoms with Gasteiger partial charge in [0.15, 0.2) is 0 Å². The van der Waals surface area contributed by atoms with E-state index in [4.69, 9.17) is 5.73 Å². The Morgan fingerprint density at radius 2 is 2.00 bits per heavy atom. The molecule has 86 valence electrons. The van der Waals surface area contributed by atoms with Gasteiger partial charge < -0.3 is 10.8 Å². The molecule has 0 radical (unpaired) electrons. The van der Waals surface area contributed by atoms with Gasteiger partial charge in [-0.15, -0.1) is 0 Å². The van der Waals surface area contributed by atoms with Crippen LogP contribution in [-0.4, -0.2) is 16.6 Å². The van der Waals surface area contributed by atoms with Gasteiger partial charge >= 0.3 is 0 Å². The second kappa shape index (κ2) is 3.21. The molecule has 0 saturated heterocycles. The van der Waals surface area contributed by atoms with E-state index in [9.17, 15) is 9.90 Å². The second-order valence-corrected chi connectivity index (χ2v) is 5.74. The van der Waals surface area contributed by atoms with Gasteiger partial charge in [-0.05, 0) is 49.9 Å². The molecule has 15 heavy (non-hydrogen) atoms. The normalized spacial score (nSPS) is 48.5. The van der Waals surface area contributed by atoms with E-state index in [0.29, 0.717) is 18.3 Å². The summed E-state index contributed by atoms with van der Waals surface area (Å²) in [6.07, 6.45) is 4.61. The Balaban J connectivity index is 2.15. The van der Waals surface area contributed by atoms with Crippen molar-refractivity contribution in [3.05, 3.63) is 0 Å². The summed E-state index contributed by atoms with van der Waals surface area (Å²) in [5.74, 6) is 0.757. The molecule has 3 heteroatoms. The number of nitrogens with two attached hydrogens (primary N) is 1. The molecule has 4 unspecified atom stereocenters. The fourth-order valence-electron chi connectivity index (χ4n) is 3.79. The van der Waals surface area contributed by atoms with Crippen LogP contribution >= 0.6 is 0 Å². The highest BCUT2D eigenvalue weighted by molar-refractivity contribution is 5.73. The van der Waals surface area contributed by atoms with Gasteiger partial charge in [0.05, 0.1) is 5.60 Å². The van der Waals surface area contributed by atoms with Crippen molar-refractivity contribution in [2.45, 2.75) is 51.6 Å². The van der Waals surface area contributed by atoms with E-state index in [1.165, 1.54) is 6.42 Å². The predicted octanol–water partition coefficient (Wildman–Crippen LogP) is 1.44. The zero-order chi connectivity index (χ0) is 11.3. The van der Waals surface area contributed by atoms with Crippen LogP contribution in [0, 0.1) is 17.3 Å². The fraction of sp³-hybridized carbons (Fsp3) is 0.917. The topological polar surface area (TPSA) is 63.3 Å². The van der Waals surface area contributed by atoms with Gasteiger partial charge in [0.1, 0.15) is 0 Å². The molecule has 2 aliphatic carbocycles. The number of hydrogen-bond acceptors (Lipinski definition) is 2. The van der Waals surface area contributed by atoms with Gasteiger partial charge in [0.25, 0.3) is 0 Å². The molecule has 0 aliphatic heterocycles. The van der Waals surface area contributed by atoms with Gasteiger partial charge in [-0.3, -0.25) is 4.79 Å². The zero-order valence-electron chi connectivity index (χ0n) is 9.62. The number of carbonyl (C=O) groups excluding carboxylic acids is 1. The van der Waals surface area contributed by atoms with Crippen molar-refractivity contribution in [2.24, 2.45) is 23.0 Å². The molecule has 4 atom stereocenters. The van der Waals surface area contributed by atoms with Crippen LogP contribution in [0.15, 0.2) is 0 Å². The van der Waals surface area contributed by atoms with E-state index >= 15 is 0 Å². The van der Waals surface area contributed by atoms with Crippen LogP contribution in [0.5, 0.6) is 0 Å². The van der Waals surface area contributed by atoms with Crippen LogP contribution in [-0.2, 0) is 4.79 Å². The van der Waals surface area contributed by atoms with E-state index in [0.717, 1.165) is 19.3 Å². The molecule has 2 fully saturated rings. The van der Waals surface area contributed by atoms with E-state index in [2.05, 4.69) is 6.92 Å². The average molecular weight is 211 g/mol. The summed E-state index contributed by atoms with van der Waals surface area (Å²) >= 11 is 0. The van der Waals surface area contributed by atoms with Crippen LogP contribution in [0.25, 0.3) is 0 Å². The Morgan fingerprint density at radius 3 is 2.47 bits per heavy atom. The first-order valence-electron chi connectivity index (χ1n) is 5.88. The molecule has 0 aromatic carbocycles. The summed E-state index contributed by atoms with van der Waals surface area (Å²) in [6, 6.07) is 0. The number of aliphatic hydroxyl groups is 1. The minimum Gasteiger partial charge on any atom is -0.389 e. The van der Waals surface area contributed by atoms with E-state index < -0.39 is 5.60 Å². The first-order chi connectivity index (χ1) is 6.88. The summed E-state index contributed by atoms with van der Waals surface area (Å²) in [5.41, 5.74) is 4.48. The number of primary amides is 1. The first kappa shape index (κ1) is 10.9. The molecule has 0 heterocycles. The third-order valence-electron chi connectivity index (χ3n) is 5.18. The van der Waals surface area contributed by atoms with Gasteiger partial charge in [0, 0.05) is 6.42 Å². The molecule has 0 aromatic heterocycles. The Labute approximate surface area is 91.0 Å². The fourth-order valence-corrected chi connectivity index (χ4v) is 3.79. The van der Waals surface area contributed by atoms with Crippen LogP contribution < -0.4 is 5.73 Å². The van der Waals surface area contributed by atoms with Crippen LogP contribution in [0.4, 0.5) is 0 Å². The summed E-state index contributed by atoms with van der Waals surface area (Å²) in [7, 11) is 0. The molecular weight excluding hydrogens is 190 g/mol. The highest BCUT2D eigenvalue weighted by Gasteiger charge is 2.61. The maximum atomic E-state index is 10.9. The lowest BCUT2D eigenvalue weighted by Crippen LogP contribution is -2.49. The Bertz CT molecular complexity index is 287. The third-order valence-corrected chi connectivity index (χ3v) is 5.18. The molecule has 0 aromatic rings. The van der Waals surface area contributed by atoms with Crippen molar-refractivity contribution in [3.8, 4) is 0 Å². The molecule has 2 saturated carbocycles. The van der Waals surface area contributed by atoms with E-state index in [1.807, 2.05) is 6.92 Å². The monoisotopic (exact) mass is 211 g/mol. The van der Waals surface area contributed by atoms with E-state index in [1.54, 1.807) is 0 Å². The number of rotatable bonds is 3. The Kier molecular flexibility index (Phi) is 2.34. The predicted molar refractivity (Wildman–Crippen MR) is 58.0 cm³/mol. The van der Waals surface area contributed by atoms with Gasteiger partial charge in [-0.25, -0.2) is 0 Å². The number of amides is 1. The van der Waals surface area contributed by atoms with Gasteiger partial charge in [-0.2, -0.15) is 0 Å². The summed E-state index contributed by atoms with van der Waals surface area (Å²) < 4.78 is 0. The molecule has 2 rings (SSSR count). The second-order valence-electron chi connectivity index (χ2n) is 5.74. The molecule has 0 spiro atoms. The summed E-state index contributed by atoms with van der Waals surface area (Å²) in [4.78, 5) is 10.9.